The van der Waals surface area contributed by atoms with Crippen molar-refractivity contribution in [2.24, 2.45) is 0 Å². The van der Waals surface area contributed by atoms with Gasteiger partial charge in [0.1, 0.15) is 0 Å². The van der Waals surface area contributed by atoms with Crippen LogP contribution in [0.4, 0.5) is 0 Å². The van der Waals surface area contributed by atoms with Gasteiger partial charge in [0.2, 0.25) is 0 Å². The zero-order valence-corrected chi connectivity index (χ0v) is 21.0. The fourth-order valence-electron chi connectivity index (χ4n) is 1.05. The molecule has 0 unspecified atom stereocenters. The second-order valence-corrected chi connectivity index (χ2v) is 4.52. The van der Waals surface area contributed by atoms with E-state index in [1.807, 2.05) is 12.4 Å². The van der Waals surface area contributed by atoms with Crippen molar-refractivity contribution in [3.05, 3.63) is 63.4 Å². The van der Waals surface area contributed by atoms with E-state index in [0.29, 0.717) is 0 Å². The van der Waals surface area contributed by atoms with E-state index >= 15 is 0 Å². The molecule has 0 amide bonds. The van der Waals surface area contributed by atoms with Gasteiger partial charge in [-0.2, -0.15) is 0 Å². The smallest absolute Gasteiger partial charge is 0.0587 e. The van der Waals surface area contributed by atoms with Crippen molar-refractivity contribution in [2.45, 2.75) is 67.2 Å². The second kappa shape index (κ2) is 35.5. The Balaban J connectivity index is -0.0000000549. The molecule has 0 aliphatic carbocycles. The summed E-state index contributed by atoms with van der Waals surface area (Å²) in [6, 6.07) is 0. The van der Waals surface area contributed by atoms with Gasteiger partial charge in [-0.1, -0.05) is 54.4 Å². The molecule has 0 saturated heterocycles. The summed E-state index contributed by atoms with van der Waals surface area (Å²) in [4.78, 5) is 15.9. The summed E-state index contributed by atoms with van der Waals surface area (Å²) in [6.45, 7) is 12.7. The third-order valence-electron chi connectivity index (χ3n) is 1.94. The van der Waals surface area contributed by atoms with Crippen LogP contribution in [0.1, 0.15) is 65.8 Å². The predicted octanol–water partition coefficient (Wildman–Crippen LogP) is 5.81. The zero-order valence-electron chi connectivity index (χ0n) is 17.7. The van der Waals surface area contributed by atoms with Crippen molar-refractivity contribution in [3.8, 4) is 0 Å². The van der Waals surface area contributed by atoms with Gasteiger partial charge >= 0.3 is 0 Å². The molecule has 0 fully saturated rings. The molecular weight excluding hydrogens is 502 g/mol. The van der Waals surface area contributed by atoms with Crippen LogP contribution < -0.4 is 0 Å². The summed E-state index contributed by atoms with van der Waals surface area (Å²) in [7, 11) is 0. The number of aromatic nitrogens is 4. The molecule has 0 spiro atoms. The predicted molar refractivity (Wildman–Crippen MR) is 108 cm³/mol. The molecule has 0 aliphatic heterocycles. The van der Waals surface area contributed by atoms with Crippen LogP contribution in [0.15, 0.2) is 37.2 Å². The summed E-state index contributed by atoms with van der Waals surface area (Å²) in [5.41, 5.74) is 2.17. The minimum atomic E-state index is 0. The van der Waals surface area contributed by atoms with Crippen molar-refractivity contribution < 1.29 is 39.0 Å². The molecule has 158 valence electrons. The van der Waals surface area contributed by atoms with E-state index in [-0.39, 0.29) is 53.8 Å². The topological polar surface area (TPSA) is 51.6 Å². The molecule has 2 radical (unpaired) electrons. The molecule has 2 heterocycles. The Morgan fingerprint density at radius 2 is 0.846 bits per heavy atom. The van der Waals surface area contributed by atoms with Crippen LogP contribution in [0.5, 0.6) is 0 Å². The number of nitrogens with zero attached hydrogens (tertiary/aromatic N) is 4. The first-order valence-corrected chi connectivity index (χ1v) is 8.19. The van der Waals surface area contributed by atoms with Crippen LogP contribution in [0.25, 0.3) is 0 Å². The van der Waals surface area contributed by atoms with Crippen molar-refractivity contribution >= 4 is 0 Å². The van der Waals surface area contributed by atoms with Crippen molar-refractivity contribution in [1.82, 2.24) is 19.9 Å². The fraction of sp³-hybridized carbons (Fsp3) is 0.500. The van der Waals surface area contributed by atoms with Crippen molar-refractivity contribution in [1.29, 1.82) is 0 Å². The van der Waals surface area contributed by atoms with Gasteiger partial charge in [0.15, 0.2) is 0 Å². The molecule has 0 aliphatic rings. The Morgan fingerprint density at radius 1 is 0.577 bits per heavy atom. The molecule has 0 N–H and O–H groups in total. The van der Waals surface area contributed by atoms with E-state index in [1.165, 1.54) is 12.8 Å². The SMILES string of the molecule is CCC.CCC.CCc1cncc(CC)n1.[CH3-].[CH3-].[Rh].[Rh].c1cnccn1. The van der Waals surface area contributed by atoms with Crippen molar-refractivity contribution in [3.63, 3.8) is 0 Å². The Labute approximate surface area is 189 Å². The maximum Gasteiger partial charge on any atom is 0.0587 e. The van der Waals surface area contributed by atoms with Crippen LogP contribution in [0, 0.1) is 14.9 Å². The van der Waals surface area contributed by atoms with Gasteiger partial charge in [-0.25, -0.2) is 0 Å². The minimum Gasteiger partial charge on any atom is -0.358 e. The molecule has 2 aromatic rings. The fourth-order valence-corrected chi connectivity index (χ4v) is 1.05. The van der Waals surface area contributed by atoms with Crippen LogP contribution in [-0.2, 0) is 51.8 Å². The Hall–Kier alpha value is -0.593. The Bertz CT molecular complexity index is 381. The molecule has 0 bridgehead atoms. The van der Waals surface area contributed by atoms with Gasteiger partial charge in [0.25, 0.3) is 0 Å². The molecule has 0 aromatic carbocycles. The van der Waals surface area contributed by atoms with E-state index < -0.39 is 0 Å². The second-order valence-electron chi connectivity index (χ2n) is 4.52. The van der Waals surface area contributed by atoms with E-state index in [9.17, 15) is 0 Å². The number of aryl methyl sites for hydroxylation is 2. The first-order chi connectivity index (χ1) is 10.7. The van der Waals surface area contributed by atoms with E-state index in [2.05, 4.69) is 61.5 Å². The molecule has 0 saturated carbocycles. The van der Waals surface area contributed by atoms with Gasteiger partial charge in [-0.05, 0) is 12.8 Å². The molecule has 0 atom stereocenters. The Morgan fingerprint density at radius 3 is 1.04 bits per heavy atom. The Kier molecular flexibility index (Phi) is 54.9. The summed E-state index contributed by atoms with van der Waals surface area (Å²) < 4.78 is 0. The van der Waals surface area contributed by atoms with Crippen LogP contribution >= 0.6 is 0 Å². The van der Waals surface area contributed by atoms with Gasteiger partial charge in [-0.3, -0.25) is 19.9 Å². The number of rotatable bonds is 2. The van der Waals surface area contributed by atoms with Gasteiger partial charge in [0.05, 0.1) is 11.4 Å². The maximum absolute atomic E-state index is 4.35. The zero-order chi connectivity index (χ0) is 17.1. The largest absolute Gasteiger partial charge is 0.358 e. The number of hydrogen-bond donors (Lipinski definition) is 0. The molecule has 2 aromatic heterocycles. The summed E-state index contributed by atoms with van der Waals surface area (Å²) in [5.74, 6) is 0. The summed E-state index contributed by atoms with van der Waals surface area (Å²) in [5, 5.41) is 0. The van der Waals surface area contributed by atoms with Gasteiger partial charge in [-0.15, -0.1) is 0 Å². The average molecular weight is 540 g/mol. The van der Waals surface area contributed by atoms with E-state index in [0.717, 1.165) is 24.2 Å². The molecular formula is C20H38N4Rh2-2. The molecule has 26 heavy (non-hydrogen) atoms. The molecule has 6 heteroatoms. The third-order valence-corrected chi connectivity index (χ3v) is 1.94. The average Bonchev–Trinajstić information content (AvgIpc) is 2.58. The molecule has 4 nitrogen and oxygen atoms in total. The van der Waals surface area contributed by atoms with Gasteiger partial charge in [0, 0.05) is 76.1 Å². The van der Waals surface area contributed by atoms with E-state index in [4.69, 9.17) is 0 Å². The van der Waals surface area contributed by atoms with Crippen LogP contribution in [0.3, 0.4) is 0 Å². The van der Waals surface area contributed by atoms with Crippen molar-refractivity contribution in [2.75, 3.05) is 0 Å². The summed E-state index contributed by atoms with van der Waals surface area (Å²) >= 11 is 0. The first-order valence-electron chi connectivity index (χ1n) is 8.19. The number of hydrogen-bond acceptors (Lipinski definition) is 4. The van der Waals surface area contributed by atoms with E-state index in [1.54, 1.807) is 24.8 Å². The normalized spacial score (nSPS) is 7.00. The summed E-state index contributed by atoms with van der Waals surface area (Å²) in [6.07, 6.45) is 14.6. The van der Waals surface area contributed by atoms with Crippen LogP contribution in [-0.4, -0.2) is 19.9 Å². The minimum absolute atomic E-state index is 0. The third kappa shape index (κ3) is 31.2. The molecule has 2 rings (SSSR count). The maximum atomic E-state index is 4.35. The standard InChI is InChI=1S/C8H12N2.C4H4N2.2C3H8.2CH3.2Rh/c1-3-7-5-9-6-8(4-2)10-7;1-2-6-4-3-5-1;2*1-3-2;;;;/h5-6H,3-4H2,1-2H3;1-4H;2*3H2,1-2H3;2*1H3;;/q;;;;2*-1;;. The quantitative estimate of drug-likeness (QED) is 0.357. The van der Waals surface area contributed by atoms with Crippen LogP contribution in [0.2, 0.25) is 0 Å². The van der Waals surface area contributed by atoms with Gasteiger partial charge < -0.3 is 14.9 Å². The monoisotopic (exact) mass is 540 g/mol. The first kappa shape index (κ1) is 40.2.